The van der Waals surface area contributed by atoms with Crippen LogP contribution in [0.4, 0.5) is 4.39 Å². The summed E-state index contributed by atoms with van der Waals surface area (Å²) in [6.07, 6.45) is 4.16. The zero-order valence-corrected chi connectivity index (χ0v) is 10.5. The van der Waals surface area contributed by atoms with E-state index in [1.807, 2.05) is 6.07 Å². The molecule has 0 amide bonds. The molecule has 0 aliphatic rings. The summed E-state index contributed by atoms with van der Waals surface area (Å²) < 4.78 is 13.7. The largest absolute Gasteiger partial charge is 0.249 e. The first kappa shape index (κ1) is 12.0. The third-order valence-electron chi connectivity index (χ3n) is 3.11. The minimum Gasteiger partial charge on any atom is -0.249 e. The first-order valence-corrected chi connectivity index (χ1v) is 6.33. The molecule has 0 saturated heterocycles. The Hall–Kier alpha value is -1.44. The first-order valence-electron chi connectivity index (χ1n) is 6.33. The molecule has 2 aromatic rings. The molecule has 1 nitrogen and oxygen atoms in total. The van der Waals surface area contributed by atoms with Gasteiger partial charge in [-0.2, -0.15) is 0 Å². The van der Waals surface area contributed by atoms with E-state index < -0.39 is 0 Å². The third-order valence-corrected chi connectivity index (χ3v) is 3.11. The second kappa shape index (κ2) is 5.26. The minimum absolute atomic E-state index is 0.220. The number of unbranched alkanes of at least 4 members (excludes halogenated alkanes) is 1. The zero-order valence-electron chi connectivity index (χ0n) is 10.5. The van der Waals surface area contributed by atoms with Crippen molar-refractivity contribution in [1.82, 2.24) is 4.98 Å². The van der Waals surface area contributed by atoms with Crippen LogP contribution < -0.4 is 0 Å². The number of aryl methyl sites for hydroxylation is 2. The summed E-state index contributed by atoms with van der Waals surface area (Å²) in [6.45, 7) is 4.28. The molecule has 1 heterocycles. The Morgan fingerprint density at radius 1 is 1.24 bits per heavy atom. The van der Waals surface area contributed by atoms with Crippen molar-refractivity contribution in [2.24, 2.45) is 0 Å². The van der Waals surface area contributed by atoms with Gasteiger partial charge in [0.2, 0.25) is 0 Å². The SMILES string of the molecule is CCCCc1nc2c(F)cccc2cc1CC. The minimum atomic E-state index is -0.220. The molecule has 0 radical (unpaired) electrons. The van der Waals surface area contributed by atoms with Gasteiger partial charge in [-0.15, -0.1) is 0 Å². The zero-order chi connectivity index (χ0) is 12.3. The number of aromatic nitrogens is 1. The molecular weight excluding hydrogens is 213 g/mol. The lowest BCUT2D eigenvalue weighted by atomic mass is 10.0. The van der Waals surface area contributed by atoms with Gasteiger partial charge in [0.05, 0.1) is 0 Å². The lowest BCUT2D eigenvalue weighted by Crippen LogP contribution is -1.99. The van der Waals surface area contributed by atoms with Gasteiger partial charge in [-0.25, -0.2) is 9.37 Å². The second-order valence-electron chi connectivity index (χ2n) is 4.36. The number of pyridine rings is 1. The Bertz CT molecular complexity index is 520. The van der Waals surface area contributed by atoms with Crippen molar-refractivity contribution >= 4 is 10.9 Å². The average molecular weight is 231 g/mol. The van der Waals surface area contributed by atoms with Crippen LogP contribution in [0.1, 0.15) is 37.9 Å². The van der Waals surface area contributed by atoms with Crippen LogP contribution in [-0.2, 0) is 12.8 Å². The van der Waals surface area contributed by atoms with Gasteiger partial charge in [0.25, 0.3) is 0 Å². The number of halogens is 1. The van der Waals surface area contributed by atoms with Crippen molar-refractivity contribution in [3.8, 4) is 0 Å². The lowest BCUT2D eigenvalue weighted by molar-refractivity contribution is 0.635. The lowest BCUT2D eigenvalue weighted by Gasteiger charge is -2.09. The molecule has 2 heteroatoms. The van der Waals surface area contributed by atoms with E-state index >= 15 is 0 Å². The first-order chi connectivity index (χ1) is 8.26. The highest BCUT2D eigenvalue weighted by Crippen LogP contribution is 2.21. The monoisotopic (exact) mass is 231 g/mol. The van der Waals surface area contributed by atoms with Crippen molar-refractivity contribution < 1.29 is 4.39 Å². The molecule has 90 valence electrons. The standard InChI is InChI=1S/C15H18FN/c1-3-5-9-14-11(4-2)10-12-7-6-8-13(16)15(12)17-14/h6-8,10H,3-5,9H2,1-2H3. The number of fused-ring (bicyclic) bond motifs is 1. The van der Waals surface area contributed by atoms with Crippen LogP contribution in [0, 0.1) is 5.82 Å². The number of hydrogen-bond donors (Lipinski definition) is 0. The summed E-state index contributed by atoms with van der Waals surface area (Å²) in [5.41, 5.74) is 2.82. The maximum Gasteiger partial charge on any atom is 0.149 e. The Balaban J connectivity index is 2.53. The average Bonchev–Trinajstić information content (AvgIpc) is 2.36. The number of nitrogens with zero attached hydrogens (tertiary/aromatic N) is 1. The topological polar surface area (TPSA) is 12.9 Å². The Morgan fingerprint density at radius 3 is 2.76 bits per heavy atom. The molecule has 0 N–H and O–H groups in total. The fraction of sp³-hybridized carbons (Fsp3) is 0.400. The smallest absolute Gasteiger partial charge is 0.149 e. The van der Waals surface area contributed by atoms with E-state index in [2.05, 4.69) is 24.9 Å². The van der Waals surface area contributed by atoms with E-state index in [-0.39, 0.29) is 5.82 Å². The van der Waals surface area contributed by atoms with Crippen LogP contribution in [0.25, 0.3) is 10.9 Å². The maximum atomic E-state index is 13.7. The van der Waals surface area contributed by atoms with Crippen molar-refractivity contribution in [1.29, 1.82) is 0 Å². The summed E-state index contributed by atoms with van der Waals surface area (Å²) in [5.74, 6) is -0.220. The van der Waals surface area contributed by atoms with Crippen molar-refractivity contribution in [3.05, 3.63) is 41.3 Å². The summed E-state index contributed by atoms with van der Waals surface area (Å²) in [7, 11) is 0. The molecule has 17 heavy (non-hydrogen) atoms. The normalized spacial score (nSPS) is 11.0. The molecule has 2 rings (SSSR count). The Kier molecular flexibility index (Phi) is 3.72. The molecule has 1 aromatic heterocycles. The van der Waals surface area contributed by atoms with E-state index in [9.17, 15) is 4.39 Å². The Labute approximate surface area is 102 Å². The van der Waals surface area contributed by atoms with Crippen molar-refractivity contribution in [2.75, 3.05) is 0 Å². The van der Waals surface area contributed by atoms with Gasteiger partial charge in [-0.1, -0.05) is 32.4 Å². The van der Waals surface area contributed by atoms with Gasteiger partial charge in [-0.05, 0) is 37.0 Å². The second-order valence-corrected chi connectivity index (χ2v) is 4.36. The van der Waals surface area contributed by atoms with Gasteiger partial charge < -0.3 is 0 Å². The number of rotatable bonds is 4. The van der Waals surface area contributed by atoms with E-state index in [4.69, 9.17) is 0 Å². The highest BCUT2D eigenvalue weighted by molar-refractivity contribution is 5.80. The molecule has 0 saturated carbocycles. The van der Waals surface area contributed by atoms with E-state index in [0.29, 0.717) is 5.52 Å². The van der Waals surface area contributed by atoms with Crippen LogP contribution in [0.3, 0.4) is 0 Å². The number of para-hydroxylation sites is 1. The summed E-state index contributed by atoms with van der Waals surface area (Å²) in [5, 5.41) is 0.905. The fourth-order valence-corrected chi connectivity index (χ4v) is 2.11. The highest BCUT2D eigenvalue weighted by atomic mass is 19.1. The van der Waals surface area contributed by atoms with Gasteiger partial charge in [0.15, 0.2) is 0 Å². The molecule has 0 spiro atoms. The van der Waals surface area contributed by atoms with Crippen molar-refractivity contribution in [3.63, 3.8) is 0 Å². The predicted molar refractivity (Wildman–Crippen MR) is 69.7 cm³/mol. The molecular formula is C15H18FN. The van der Waals surface area contributed by atoms with E-state index in [0.717, 1.165) is 36.8 Å². The summed E-state index contributed by atoms with van der Waals surface area (Å²) in [4.78, 5) is 4.51. The van der Waals surface area contributed by atoms with Gasteiger partial charge >= 0.3 is 0 Å². The molecule has 0 aliphatic carbocycles. The van der Waals surface area contributed by atoms with Gasteiger partial charge in [-0.3, -0.25) is 0 Å². The number of benzene rings is 1. The van der Waals surface area contributed by atoms with Crippen LogP contribution in [0.2, 0.25) is 0 Å². The number of hydrogen-bond acceptors (Lipinski definition) is 1. The van der Waals surface area contributed by atoms with Crippen LogP contribution >= 0.6 is 0 Å². The van der Waals surface area contributed by atoms with Gasteiger partial charge in [0, 0.05) is 11.1 Å². The summed E-state index contributed by atoms with van der Waals surface area (Å²) >= 11 is 0. The molecule has 0 aliphatic heterocycles. The molecule has 1 aromatic carbocycles. The highest BCUT2D eigenvalue weighted by Gasteiger charge is 2.08. The molecule has 0 bridgehead atoms. The maximum absolute atomic E-state index is 13.7. The third kappa shape index (κ3) is 2.46. The van der Waals surface area contributed by atoms with E-state index in [1.165, 1.54) is 11.6 Å². The van der Waals surface area contributed by atoms with Crippen molar-refractivity contribution in [2.45, 2.75) is 39.5 Å². The predicted octanol–water partition coefficient (Wildman–Crippen LogP) is 4.28. The molecule has 0 atom stereocenters. The van der Waals surface area contributed by atoms with Crippen LogP contribution in [0.5, 0.6) is 0 Å². The quantitative estimate of drug-likeness (QED) is 0.765. The molecule has 0 fully saturated rings. The van der Waals surface area contributed by atoms with Crippen LogP contribution in [0.15, 0.2) is 24.3 Å². The van der Waals surface area contributed by atoms with Gasteiger partial charge in [0.1, 0.15) is 11.3 Å². The fourth-order valence-electron chi connectivity index (χ4n) is 2.11. The molecule has 0 unspecified atom stereocenters. The Morgan fingerprint density at radius 2 is 2.06 bits per heavy atom. The van der Waals surface area contributed by atoms with Crippen LogP contribution in [-0.4, -0.2) is 4.98 Å². The van der Waals surface area contributed by atoms with E-state index in [1.54, 1.807) is 6.07 Å². The summed E-state index contributed by atoms with van der Waals surface area (Å²) in [6, 6.07) is 7.22.